The zero-order chi connectivity index (χ0) is 12.3. The van der Waals surface area contributed by atoms with Crippen molar-refractivity contribution in [2.24, 2.45) is 17.6 Å². The first-order valence-electron chi connectivity index (χ1n) is 6.96. The van der Waals surface area contributed by atoms with E-state index >= 15 is 0 Å². The summed E-state index contributed by atoms with van der Waals surface area (Å²) in [5.41, 5.74) is 6.41. The van der Waals surface area contributed by atoms with E-state index in [1.165, 1.54) is 19.3 Å². The summed E-state index contributed by atoms with van der Waals surface area (Å²) in [6.07, 6.45) is 3.99. The lowest BCUT2D eigenvalue weighted by molar-refractivity contribution is -0.0266. The monoisotopic (exact) mass is 226 g/mol. The maximum absolute atomic E-state index is 6.16. The third kappa shape index (κ3) is 2.28. The predicted molar refractivity (Wildman–Crippen MR) is 71.5 cm³/mol. The third-order valence-electron chi connectivity index (χ3n) is 4.86. The van der Waals surface area contributed by atoms with Crippen LogP contribution in [0.1, 0.15) is 53.9 Å². The molecule has 0 aromatic carbocycles. The lowest BCUT2D eigenvalue weighted by Crippen LogP contribution is -2.62. The van der Waals surface area contributed by atoms with Gasteiger partial charge in [0.25, 0.3) is 0 Å². The summed E-state index contributed by atoms with van der Waals surface area (Å²) in [5, 5.41) is 0. The minimum atomic E-state index is 0.251. The zero-order valence-corrected chi connectivity index (χ0v) is 11.8. The first kappa shape index (κ1) is 14.0. The van der Waals surface area contributed by atoms with E-state index in [9.17, 15) is 0 Å². The molecule has 0 spiro atoms. The van der Waals surface area contributed by atoms with Crippen LogP contribution in [0.25, 0.3) is 0 Å². The third-order valence-corrected chi connectivity index (χ3v) is 4.86. The second-order valence-corrected chi connectivity index (χ2v) is 5.85. The van der Waals surface area contributed by atoms with Gasteiger partial charge in [-0.15, -0.1) is 0 Å². The van der Waals surface area contributed by atoms with E-state index in [0.717, 1.165) is 19.0 Å². The maximum Gasteiger partial charge on any atom is 0.0362 e. The van der Waals surface area contributed by atoms with Gasteiger partial charge in [0.05, 0.1) is 0 Å². The molecule has 2 N–H and O–H groups in total. The van der Waals surface area contributed by atoms with E-state index in [2.05, 4.69) is 39.5 Å². The molecule has 0 heterocycles. The Labute approximate surface area is 102 Å². The SMILES string of the molecule is CCN(C(C)C)C1(CN)CCCC(C)C1C. The molecule has 0 radical (unpaired) electrons. The number of hydrogen-bond donors (Lipinski definition) is 1. The van der Waals surface area contributed by atoms with Gasteiger partial charge in [0, 0.05) is 18.1 Å². The molecule has 2 heteroatoms. The molecule has 0 saturated heterocycles. The molecule has 0 aliphatic heterocycles. The number of nitrogens with zero attached hydrogens (tertiary/aromatic N) is 1. The second kappa shape index (κ2) is 5.50. The van der Waals surface area contributed by atoms with Crippen molar-refractivity contribution in [3.8, 4) is 0 Å². The van der Waals surface area contributed by atoms with Crippen LogP contribution in [0.4, 0.5) is 0 Å². The Hall–Kier alpha value is -0.0800. The molecule has 0 aromatic heterocycles. The average molecular weight is 226 g/mol. The molecular weight excluding hydrogens is 196 g/mol. The normalized spacial score (nSPS) is 36.0. The van der Waals surface area contributed by atoms with Gasteiger partial charge in [-0.25, -0.2) is 0 Å². The van der Waals surface area contributed by atoms with Gasteiger partial charge in [-0.3, -0.25) is 4.90 Å². The molecule has 0 amide bonds. The first-order chi connectivity index (χ1) is 7.49. The van der Waals surface area contributed by atoms with Gasteiger partial charge in [-0.05, 0) is 38.6 Å². The Bertz CT molecular complexity index is 215. The summed E-state index contributed by atoms with van der Waals surface area (Å²) in [7, 11) is 0. The number of likely N-dealkylation sites (N-methyl/N-ethyl adjacent to an activating group) is 1. The Morgan fingerprint density at radius 2 is 2.00 bits per heavy atom. The minimum Gasteiger partial charge on any atom is -0.329 e. The van der Waals surface area contributed by atoms with E-state index in [1.807, 2.05) is 0 Å². The van der Waals surface area contributed by atoms with Crippen molar-refractivity contribution in [2.45, 2.75) is 65.5 Å². The van der Waals surface area contributed by atoms with Crippen molar-refractivity contribution in [3.63, 3.8) is 0 Å². The molecular formula is C14H30N2. The van der Waals surface area contributed by atoms with Crippen LogP contribution in [0.5, 0.6) is 0 Å². The molecule has 0 aromatic rings. The Kier molecular flexibility index (Phi) is 4.81. The summed E-state index contributed by atoms with van der Waals surface area (Å²) >= 11 is 0. The van der Waals surface area contributed by atoms with Gasteiger partial charge in [-0.2, -0.15) is 0 Å². The topological polar surface area (TPSA) is 29.3 Å². The maximum atomic E-state index is 6.16. The van der Waals surface area contributed by atoms with Crippen LogP contribution in [0, 0.1) is 11.8 Å². The number of rotatable bonds is 4. The summed E-state index contributed by atoms with van der Waals surface area (Å²) in [6, 6.07) is 0.598. The van der Waals surface area contributed by atoms with Crippen molar-refractivity contribution >= 4 is 0 Å². The fraction of sp³-hybridized carbons (Fsp3) is 1.00. The highest BCUT2D eigenvalue weighted by Crippen LogP contribution is 2.41. The Morgan fingerprint density at radius 3 is 2.44 bits per heavy atom. The molecule has 96 valence electrons. The molecule has 1 aliphatic carbocycles. The molecule has 1 saturated carbocycles. The molecule has 16 heavy (non-hydrogen) atoms. The van der Waals surface area contributed by atoms with E-state index < -0.39 is 0 Å². The smallest absolute Gasteiger partial charge is 0.0362 e. The van der Waals surface area contributed by atoms with Gasteiger partial charge >= 0.3 is 0 Å². The number of hydrogen-bond acceptors (Lipinski definition) is 2. The minimum absolute atomic E-state index is 0.251. The van der Waals surface area contributed by atoms with Crippen LogP contribution >= 0.6 is 0 Å². The summed E-state index contributed by atoms with van der Waals surface area (Å²) in [6.45, 7) is 13.6. The van der Waals surface area contributed by atoms with Crippen LogP contribution in [-0.4, -0.2) is 29.6 Å². The molecule has 3 unspecified atom stereocenters. The van der Waals surface area contributed by atoms with Crippen molar-refractivity contribution < 1.29 is 0 Å². The van der Waals surface area contributed by atoms with Crippen molar-refractivity contribution in [1.82, 2.24) is 4.90 Å². The van der Waals surface area contributed by atoms with E-state index in [0.29, 0.717) is 12.0 Å². The van der Waals surface area contributed by atoms with E-state index in [-0.39, 0.29) is 5.54 Å². The zero-order valence-electron chi connectivity index (χ0n) is 11.8. The fourth-order valence-electron chi connectivity index (χ4n) is 3.74. The highest BCUT2D eigenvalue weighted by atomic mass is 15.2. The molecule has 0 bridgehead atoms. The Morgan fingerprint density at radius 1 is 1.38 bits per heavy atom. The van der Waals surface area contributed by atoms with Crippen molar-refractivity contribution in [3.05, 3.63) is 0 Å². The molecule has 3 atom stereocenters. The lowest BCUT2D eigenvalue weighted by atomic mass is 9.67. The predicted octanol–water partition coefficient (Wildman–Crippen LogP) is 2.87. The quantitative estimate of drug-likeness (QED) is 0.798. The average Bonchev–Trinajstić information content (AvgIpc) is 2.24. The van der Waals surface area contributed by atoms with Crippen LogP contribution in [0.15, 0.2) is 0 Å². The number of nitrogens with two attached hydrogens (primary N) is 1. The van der Waals surface area contributed by atoms with Crippen LogP contribution in [-0.2, 0) is 0 Å². The molecule has 1 aliphatic rings. The van der Waals surface area contributed by atoms with Gasteiger partial charge in [0.1, 0.15) is 0 Å². The first-order valence-corrected chi connectivity index (χ1v) is 6.96. The van der Waals surface area contributed by atoms with Crippen molar-refractivity contribution in [2.75, 3.05) is 13.1 Å². The second-order valence-electron chi connectivity index (χ2n) is 5.85. The van der Waals surface area contributed by atoms with Gasteiger partial charge in [0.15, 0.2) is 0 Å². The Balaban J connectivity index is 2.97. The van der Waals surface area contributed by atoms with Gasteiger partial charge in [-0.1, -0.05) is 33.6 Å². The molecule has 1 rings (SSSR count). The highest BCUT2D eigenvalue weighted by Gasteiger charge is 2.44. The van der Waals surface area contributed by atoms with E-state index in [1.54, 1.807) is 0 Å². The highest BCUT2D eigenvalue weighted by molar-refractivity contribution is 5.01. The lowest BCUT2D eigenvalue weighted by Gasteiger charge is -2.53. The van der Waals surface area contributed by atoms with Crippen LogP contribution in [0.3, 0.4) is 0 Å². The van der Waals surface area contributed by atoms with Gasteiger partial charge in [0.2, 0.25) is 0 Å². The van der Waals surface area contributed by atoms with Crippen LogP contribution in [0.2, 0.25) is 0 Å². The summed E-state index contributed by atoms with van der Waals surface area (Å²) < 4.78 is 0. The van der Waals surface area contributed by atoms with Gasteiger partial charge < -0.3 is 5.73 Å². The summed E-state index contributed by atoms with van der Waals surface area (Å²) in [4.78, 5) is 2.63. The molecule has 2 nitrogen and oxygen atoms in total. The fourth-order valence-corrected chi connectivity index (χ4v) is 3.74. The van der Waals surface area contributed by atoms with E-state index in [4.69, 9.17) is 5.73 Å². The van der Waals surface area contributed by atoms with Crippen LogP contribution < -0.4 is 5.73 Å². The standard InChI is InChI=1S/C14H30N2/c1-6-16(11(2)3)14(10-15)9-7-8-12(4)13(14)5/h11-13H,6-10,15H2,1-5H3. The molecule has 1 fully saturated rings. The summed E-state index contributed by atoms with van der Waals surface area (Å²) in [5.74, 6) is 1.53. The van der Waals surface area contributed by atoms with Crippen molar-refractivity contribution in [1.29, 1.82) is 0 Å². The largest absolute Gasteiger partial charge is 0.329 e.